The molecular weight excluding hydrogens is 546 g/mol. The summed E-state index contributed by atoms with van der Waals surface area (Å²) >= 11 is 6.17. The number of hydrogen-bond donors (Lipinski definition) is 1. The molecule has 0 aromatic heterocycles. The first-order chi connectivity index (χ1) is 18.9. The summed E-state index contributed by atoms with van der Waals surface area (Å²) in [5.41, 5.74) is 2.86. The van der Waals surface area contributed by atoms with Crippen LogP contribution >= 0.6 is 11.6 Å². The van der Waals surface area contributed by atoms with Gasteiger partial charge in [-0.05, 0) is 67.6 Å². The number of nitrogens with zero attached hydrogens (tertiary/aromatic N) is 2. The van der Waals surface area contributed by atoms with E-state index in [0.717, 1.165) is 15.4 Å². The third-order valence-corrected chi connectivity index (χ3v) is 8.59. The van der Waals surface area contributed by atoms with E-state index < -0.39 is 28.5 Å². The summed E-state index contributed by atoms with van der Waals surface area (Å²) in [6, 6.07) is 19.8. The van der Waals surface area contributed by atoms with Crippen molar-refractivity contribution in [3.05, 3.63) is 94.5 Å². The maximum Gasteiger partial charge on any atom is 0.264 e. The van der Waals surface area contributed by atoms with Gasteiger partial charge in [-0.25, -0.2) is 8.42 Å². The molecular formula is C31H38ClN3O4S. The van der Waals surface area contributed by atoms with Crippen LogP contribution in [0.1, 0.15) is 43.9 Å². The maximum atomic E-state index is 14.1. The maximum absolute atomic E-state index is 14.1. The largest absolute Gasteiger partial charge is 0.354 e. The Labute approximate surface area is 243 Å². The van der Waals surface area contributed by atoms with E-state index in [2.05, 4.69) is 5.32 Å². The van der Waals surface area contributed by atoms with Crippen LogP contribution in [-0.4, -0.2) is 44.3 Å². The van der Waals surface area contributed by atoms with E-state index in [1.54, 1.807) is 43.3 Å². The highest BCUT2D eigenvalue weighted by Crippen LogP contribution is 2.29. The van der Waals surface area contributed by atoms with Crippen molar-refractivity contribution in [3.8, 4) is 0 Å². The van der Waals surface area contributed by atoms with Gasteiger partial charge >= 0.3 is 0 Å². The van der Waals surface area contributed by atoms with Gasteiger partial charge in [-0.15, -0.1) is 0 Å². The Hall–Kier alpha value is -3.36. The van der Waals surface area contributed by atoms with Crippen LogP contribution in [0.4, 0.5) is 5.69 Å². The Balaban J connectivity index is 2.06. The van der Waals surface area contributed by atoms with Crippen molar-refractivity contribution < 1.29 is 18.0 Å². The summed E-state index contributed by atoms with van der Waals surface area (Å²) in [5, 5.41) is 3.40. The Morgan fingerprint density at radius 1 is 0.950 bits per heavy atom. The van der Waals surface area contributed by atoms with Crippen LogP contribution in [0.3, 0.4) is 0 Å². The third kappa shape index (κ3) is 7.86. The molecule has 0 saturated heterocycles. The molecule has 3 aromatic carbocycles. The van der Waals surface area contributed by atoms with Gasteiger partial charge in [0.1, 0.15) is 12.6 Å². The van der Waals surface area contributed by atoms with E-state index in [0.29, 0.717) is 29.2 Å². The number of sulfonamides is 1. The molecule has 1 atom stereocenters. The van der Waals surface area contributed by atoms with Gasteiger partial charge in [0.15, 0.2) is 0 Å². The molecule has 0 radical (unpaired) electrons. The predicted molar refractivity (Wildman–Crippen MR) is 161 cm³/mol. The summed E-state index contributed by atoms with van der Waals surface area (Å²) < 4.78 is 28.9. The van der Waals surface area contributed by atoms with Gasteiger partial charge in [-0.3, -0.25) is 13.9 Å². The summed E-state index contributed by atoms with van der Waals surface area (Å²) in [5.74, 6) is -0.514. The fraction of sp³-hybridized carbons (Fsp3) is 0.355. The standard InChI is InChI=1S/C31H38ClN3O4S/c1-6-28(31(37)33-19-22(2)3)34(20-25-14-12-23(4)13-15-25)30(36)21-35(29-17-16-26(32)18-24(29)5)40(38,39)27-10-8-7-9-11-27/h7-18,22,28H,6,19-21H2,1-5H3,(H,33,37)/t28-/m0/s1. The first-order valence-electron chi connectivity index (χ1n) is 13.4. The number of aryl methyl sites for hydroxylation is 2. The Morgan fingerprint density at radius 3 is 2.17 bits per heavy atom. The van der Waals surface area contributed by atoms with Crippen LogP contribution in [-0.2, 0) is 26.2 Å². The molecule has 0 saturated carbocycles. The molecule has 0 unspecified atom stereocenters. The van der Waals surface area contributed by atoms with Crippen molar-refractivity contribution in [2.45, 2.75) is 58.5 Å². The number of carbonyl (C=O) groups excluding carboxylic acids is 2. The van der Waals surface area contributed by atoms with Crippen molar-refractivity contribution in [3.63, 3.8) is 0 Å². The normalized spacial score (nSPS) is 12.2. The second-order valence-corrected chi connectivity index (χ2v) is 12.6. The van der Waals surface area contributed by atoms with E-state index in [-0.39, 0.29) is 23.3 Å². The lowest BCUT2D eigenvalue weighted by Gasteiger charge is -2.33. The smallest absolute Gasteiger partial charge is 0.264 e. The monoisotopic (exact) mass is 583 g/mol. The minimum atomic E-state index is -4.13. The van der Waals surface area contributed by atoms with E-state index in [1.807, 2.05) is 52.0 Å². The average Bonchev–Trinajstić information content (AvgIpc) is 2.92. The minimum absolute atomic E-state index is 0.0592. The first kappa shape index (κ1) is 31.2. The highest BCUT2D eigenvalue weighted by molar-refractivity contribution is 7.92. The third-order valence-electron chi connectivity index (χ3n) is 6.58. The molecule has 40 heavy (non-hydrogen) atoms. The van der Waals surface area contributed by atoms with Gasteiger partial charge in [-0.2, -0.15) is 0 Å². The van der Waals surface area contributed by atoms with Gasteiger partial charge in [-0.1, -0.05) is 80.4 Å². The van der Waals surface area contributed by atoms with Crippen molar-refractivity contribution in [2.24, 2.45) is 5.92 Å². The van der Waals surface area contributed by atoms with Gasteiger partial charge in [0.05, 0.1) is 10.6 Å². The summed E-state index contributed by atoms with van der Waals surface area (Å²) in [7, 11) is -4.13. The molecule has 2 amide bonds. The number of anilines is 1. The van der Waals surface area contributed by atoms with Gasteiger partial charge in [0, 0.05) is 18.1 Å². The first-order valence-corrected chi connectivity index (χ1v) is 15.2. The highest BCUT2D eigenvalue weighted by atomic mass is 35.5. The molecule has 3 rings (SSSR count). The predicted octanol–water partition coefficient (Wildman–Crippen LogP) is 5.73. The lowest BCUT2D eigenvalue weighted by atomic mass is 10.1. The van der Waals surface area contributed by atoms with Crippen LogP contribution in [0.25, 0.3) is 0 Å². The van der Waals surface area contributed by atoms with Crippen molar-refractivity contribution in [1.29, 1.82) is 0 Å². The van der Waals surface area contributed by atoms with E-state index >= 15 is 0 Å². The highest BCUT2D eigenvalue weighted by Gasteiger charge is 2.34. The van der Waals surface area contributed by atoms with Crippen LogP contribution in [0.5, 0.6) is 0 Å². The molecule has 0 spiro atoms. The van der Waals surface area contributed by atoms with Crippen molar-refractivity contribution in [1.82, 2.24) is 10.2 Å². The summed E-state index contributed by atoms with van der Waals surface area (Å²) in [4.78, 5) is 28.9. The van der Waals surface area contributed by atoms with Crippen LogP contribution in [0.15, 0.2) is 77.7 Å². The van der Waals surface area contributed by atoms with Gasteiger partial charge < -0.3 is 10.2 Å². The molecule has 9 heteroatoms. The SMILES string of the molecule is CC[C@@H](C(=O)NCC(C)C)N(Cc1ccc(C)cc1)C(=O)CN(c1ccc(Cl)cc1C)S(=O)(=O)c1ccccc1. The number of hydrogen-bond acceptors (Lipinski definition) is 4. The summed E-state index contributed by atoms with van der Waals surface area (Å²) in [6.45, 7) is 9.70. The van der Waals surface area contributed by atoms with E-state index in [9.17, 15) is 18.0 Å². The van der Waals surface area contributed by atoms with Crippen LogP contribution in [0, 0.1) is 19.8 Å². The number of amides is 2. The fourth-order valence-corrected chi connectivity index (χ4v) is 6.09. The average molecular weight is 584 g/mol. The molecule has 0 bridgehead atoms. The molecule has 0 aliphatic carbocycles. The number of carbonyl (C=O) groups is 2. The van der Waals surface area contributed by atoms with Gasteiger partial charge in [0.2, 0.25) is 11.8 Å². The Morgan fingerprint density at radius 2 is 1.60 bits per heavy atom. The molecule has 7 nitrogen and oxygen atoms in total. The minimum Gasteiger partial charge on any atom is -0.354 e. The molecule has 0 fully saturated rings. The molecule has 0 aliphatic heterocycles. The molecule has 0 heterocycles. The van der Waals surface area contributed by atoms with E-state index in [1.165, 1.54) is 17.0 Å². The van der Waals surface area contributed by atoms with Crippen molar-refractivity contribution >= 4 is 39.1 Å². The molecule has 214 valence electrons. The molecule has 3 aromatic rings. The van der Waals surface area contributed by atoms with Crippen LogP contribution in [0.2, 0.25) is 5.02 Å². The zero-order chi connectivity index (χ0) is 29.4. The molecule has 1 N–H and O–H groups in total. The number of benzene rings is 3. The van der Waals surface area contributed by atoms with Crippen LogP contribution < -0.4 is 9.62 Å². The summed E-state index contributed by atoms with van der Waals surface area (Å²) in [6.07, 6.45) is 0.368. The quantitative estimate of drug-likeness (QED) is 0.295. The zero-order valence-corrected chi connectivity index (χ0v) is 25.3. The Bertz CT molecular complexity index is 1410. The number of nitrogens with one attached hydrogen (secondary N) is 1. The zero-order valence-electron chi connectivity index (χ0n) is 23.7. The fourth-order valence-electron chi connectivity index (χ4n) is 4.36. The second-order valence-electron chi connectivity index (χ2n) is 10.3. The molecule has 0 aliphatic rings. The van der Waals surface area contributed by atoms with Crippen molar-refractivity contribution in [2.75, 3.05) is 17.4 Å². The topological polar surface area (TPSA) is 86.8 Å². The second kappa shape index (κ2) is 13.8. The lowest BCUT2D eigenvalue weighted by Crippen LogP contribution is -2.52. The number of halogens is 1. The Kier molecular flexibility index (Phi) is 10.8. The van der Waals surface area contributed by atoms with Gasteiger partial charge in [0.25, 0.3) is 10.0 Å². The lowest BCUT2D eigenvalue weighted by molar-refractivity contribution is -0.140. The number of rotatable bonds is 12. The van der Waals surface area contributed by atoms with E-state index in [4.69, 9.17) is 11.6 Å².